The van der Waals surface area contributed by atoms with Crippen molar-refractivity contribution < 1.29 is 14.3 Å². The lowest BCUT2D eigenvalue weighted by Crippen LogP contribution is -2.12. The second kappa shape index (κ2) is 5.52. The van der Waals surface area contributed by atoms with Crippen LogP contribution < -0.4 is 5.43 Å². The number of nitrogens with zero attached hydrogens (tertiary/aromatic N) is 1. The van der Waals surface area contributed by atoms with Gasteiger partial charge >= 0.3 is 5.97 Å². The summed E-state index contributed by atoms with van der Waals surface area (Å²) >= 11 is 0. The van der Waals surface area contributed by atoms with E-state index in [1.807, 2.05) is 0 Å². The summed E-state index contributed by atoms with van der Waals surface area (Å²) in [5.74, 6) is -1.57. The van der Waals surface area contributed by atoms with Gasteiger partial charge in [-0.1, -0.05) is 12.1 Å². The topological polar surface area (TPSA) is 59.3 Å². The maximum atomic E-state index is 13.8. The highest BCUT2D eigenvalue weighted by Gasteiger charge is 2.07. The number of aryl methyl sites for hydroxylation is 1. The van der Waals surface area contributed by atoms with Crippen LogP contribution in [0.2, 0.25) is 0 Å². The molecule has 2 rings (SSSR count). The van der Waals surface area contributed by atoms with Gasteiger partial charge in [0.15, 0.2) is 5.43 Å². The molecule has 0 aliphatic rings. The van der Waals surface area contributed by atoms with Gasteiger partial charge in [0.2, 0.25) is 0 Å². The van der Waals surface area contributed by atoms with Crippen molar-refractivity contribution in [1.82, 2.24) is 4.57 Å². The number of pyridine rings is 1. The largest absolute Gasteiger partial charge is 0.478 e. The smallest absolute Gasteiger partial charge is 0.328 e. The van der Waals surface area contributed by atoms with Crippen LogP contribution in [0, 0.1) is 12.7 Å². The average molecular weight is 273 g/mol. The molecule has 0 aliphatic heterocycles. The third-order valence-corrected chi connectivity index (χ3v) is 2.79. The first-order valence-electron chi connectivity index (χ1n) is 5.88. The van der Waals surface area contributed by atoms with E-state index in [0.29, 0.717) is 11.4 Å². The number of carbonyl (C=O) groups is 1. The molecule has 2 aromatic rings. The lowest BCUT2D eigenvalue weighted by Gasteiger charge is -2.12. The summed E-state index contributed by atoms with van der Waals surface area (Å²) in [6.07, 6.45) is 3.49. The molecule has 0 saturated carbocycles. The molecule has 0 saturated heterocycles. The molecule has 0 aliphatic carbocycles. The highest BCUT2D eigenvalue weighted by molar-refractivity contribution is 5.85. The second-order valence-corrected chi connectivity index (χ2v) is 4.23. The Morgan fingerprint density at radius 2 is 2.05 bits per heavy atom. The van der Waals surface area contributed by atoms with E-state index in [-0.39, 0.29) is 11.0 Å². The third kappa shape index (κ3) is 2.83. The number of benzene rings is 1. The number of hydrogen-bond acceptors (Lipinski definition) is 2. The minimum Gasteiger partial charge on any atom is -0.478 e. The Labute approximate surface area is 114 Å². The van der Waals surface area contributed by atoms with Crippen LogP contribution >= 0.6 is 0 Å². The summed E-state index contributed by atoms with van der Waals surface area (Å²) in [5, 5.41) is 8.60. The zero-order chi connectivity index (χ0) is 14.7. The van der Waals surface area contributed by atoms with Crippen molar-refractivity contribution in [3.8, 4) is 5.69 Å². The Bertz CT molecular complexity index is 747. The van der Waals surface area contributed by atoms with Crippen LogP contribution in [0.5, 0.6) is 0 Å². The minimum atomic E-state index is -1.15. The maximum absolute atomic E-state index is 13.8. The molecule has 0 atom stereocenters. The lowest BCUT2D eigenvalue weighted by molar-refractivity contribution is -0.131. The summed E-state index contributed by atoms with van der Waals surface area (Å²) in [4.78, 5) is 22.3. The number of halogens is 1. The first-order valence-corrected chi connectivity index (χ1v) is 5.88. The van der Waals surface area contributed by atoms with Crippen molar-refractivity contribution in [3.63, 3.8) is 0 Å². The summed E-state index contributed by atoms with van der Waals surface area (Å²) < 4.78 is 15.3. The summed E-state index contributed by atoms with van der Waals surface area (Å²) in [6.45, 7) is 1.68. The standard InChI is InChI=1S/C15H12FNO3/c1-10-8-14(18)11(6-7-15(19)20)9-17(10)13-5-3-2-4-12(13)16/h2-9H,1H3,(H,19,20)/b7-6+. The van der Waals surface area contributed by atoms with Gasteiger partial charge in [0.1, 0.15) is 5.82 Å². The quantitative estimate of drug-likeness (QED) is 0.873. The van der Waals surface area contributed by atoms with Gasteiger partial charge in [-0.3, -0.25) is 4.79 Å². The predicted molar refractivity (Wildman–Crippen MR) is 73.4 cm³/mol. The monoisotopic (exact) mass is 273 g/mol. The van der Waals surface area contributed by atoms with E-state index in [1.165, 1.54) is 29.0 Å². The molecular weight excluding hydrogens is 261 g/mol. The molecule has 1 aromatic heterocycles. The Morgan fingerprint density at radius 3 is 2.70 bits per heavy atom. The Morgan fingerprint density at radius 1 is 1.35 bits per heavy atom. The van der Waals surface area contributed by atoms with E-state index in [1.54, 1.807) is 25.1 Å². The van der Waals surface area contributed by atoms with Crippen molar-refractivity contribution in [2.75, 3.05) is 0 Å². The highest BCUT2D eigenvalue weighted by atomic mass is 19.1. The number of carboxylic acid groups (broad SMARTS) is 1. The molecule has 1 aromatic carbocycles. The number of aromatic nitrogens is 1. The van der Waals surface area contributed by atoms with Gasteiger partial charge in [0.25, 0.3) is 0 Å². The minimum absolute atomic E-state index is 0.182. The van der Waals surface area contributed by atoms with E-state index >= 15 is 0 Å². The van der Waals surface area contributed by atoms with Crippen molar-refractivity contribution >= 4 is 12.0 Å². The van der Waals surface area contributed by atoms with Gasteiger partial charge in [-0.15, -0.1) is 0 Å². The molecule has 0 fully saturated rings. The van der Waals surface area contributed by atoms with E-state index in [4.69, 9.17) is 5.11 Å². The average Bonchev–Trinajstić information content (AvgIpc) is 2.39. The fraction of sp³-hybridized carbons (Fsp3) is 0.0667. The molecule has 0 bridgehead atoms. The van der Waals surface area contributed by atoms with Crippen LogP contribution in [-0.4, -0.2) is 15.6 Å². The zero-order valence-corrected chi connectivity index (χ0v) is 10.7. The van der Waals surface area contributed by atoms with Crippen LogP contribution in [0.1, 0.15) is 11.3 Å². The normalized spacial score (nSPS) is 10.9. The van der Waals surface area contributed by atoms with Crippen LogP contribution in [0.3, 0.4) is 0 Å². The van der Waals surface area contributed by atoms with Crippen LogP contribution in [0.4, 0.5) is 4.39 Å². The number of para-hydroxylation sites is 1. The fourth-order valence-electron chi connectivity index (χ4n) is 1.84. The summed E-state index contributed by atoms with van der Waals surface area (Å²) in [5.41, 5.74) is 0.733. The molecule has 0 unspecified atom stereocenters. The van der Waals surface area contributed by atoms with Crippen molar-refractivity contribution in [2.24, 2.45) is 0 Å². The molecule has 1 heterocycles. The van der Waals surface area contributed by atoms with Crippen molar-refractivity contribution in [2.45, 2.75) is 6.92 Å². The van der Waals surface area contributed by atoms with E-state index in [0.717, 1.165) is 6.08 Å². The van der Waals surface area contributed by atoms with Crippen molar-refractivity contribution in [3.05, 3.63) is 69.9 Å². The molecule has 0 amide bonds. The first kappa shape index (κ1) is 13.7. The van der Waals surface area contributed by atoms with Gasteiger partial charge in [-0.05, 0) is 25.1 Å². The molecule has 102 valence electrons. The molecule has 0 spiro atoms. The predicted octanol–water partition coefficient (Wildman–Crippen LogP) is 2.38. The van der Waals surface area contributed by atoms with Crippen LogP contribution in [-0.2, 0) is 4.79 Å². The van der Waals surface area contributed by atoms with Gasteiger partial charge in [0.05, 0.1) is 5.69 Å². The molecule has 1 N–H and O–H groups in total. The van der Waals surface area contributed by atoms with Gasteiger partial charge in [-0.25, -0.2) is 9.18 Å². The zero-order valence-electron chi connectivity index (χ0n) is 10.7. The van der Waals surface area contributed by atoms with E-state index in [2.05, 4.69) is 0 Å². The molecule has 20 heavy (non-hydrogen) atoms. The maximum Gasteiger partial charge on any atom is 0.328 e. The highest BCUT2D eigenvalue weighted by Crippen LogP contribution is 2.15. The Kier molecular flexibility index (Phi) is 3.79. The number of carboxylic acids is 1. The first-order chi connectivity index (χ1) is 9.49. The molecule has 5 heteroatoms. The van der Waals surface area contributed by atoms with Crippen molar-refractivity contribution in [1.29, 1.82) is 0 Å². The molecule has 0 radical (unpaired) electrons. The van der Waals surface area contributed by atoms with Gasteiger partial charge in [0, 0.05) is 29.6 Å². The number of hydrogen-bond donors (Lipinski definition) is 1. The SMILES string of the molecule is Cc1cc(=O)c(/C=C/C(=O)O)cn1-c1ccccc1F. The van der Waals surface area contributed by atoms with E-state index in [9.17, 15) is 14.0 Å². The lowest BCUT2D eigenvalue weighted by atomic mass is 10.2. The van der Waals surface area contributed by atoms with E-state index < -0.39 is 11.8 Å². The van der Waals surface area contributed by atoms with Gasteiger partial charge in [-0.2, -0.15) is 0 Å². The van der Waals surface area contributed by atoms with Gasteiger partial charge < -0.3 is 9.67 Å². The second-order valence-electron chi connectivity index (χ2n) is 4.23. The summed E-state index contributed by atoms with van der Waals surface area (Å²) in [6, 6.07) is 7.50. The van der Waals surface area contributed by atoms with Crippen LogP contribution in [0.15, 0.2) is 47.4 Å². The Hall–Kier alpha value is -2.69. The molecular formula is C15H12FNO3. The number of aliphatic carboxylic acids is 1. The summed E-state index contributed by atoms with van der Waals surface area (Å²) in [7, 11) is 0. The Balaban J connectivity index is 2.61. The van der Waals surface area contributed by atoms with Crippen LogP contribution in [0.25, 0.3) is 11.8 Å². The number of rotatable bonds is 3. The third-order valence-electron chi connectivity index (χ3n) is 2.79. The fourth-order valence-corrected chi connectivity index (χ4v) is 1.84. The molecule has 4 nitrogen and oxygen atoms in total.